The highest BCUT2D eigenvalue weighted by molar-refractivity contribution is 7.15. The highest BCUT2D eigenvalue weighted by Crippen LogP contribution is 2.22. The number of carbonyl (C=O) groups is 3. The molecule has 0 aliphatic rings. The van der Waals surface area contributed by atoms with Gasteiger partial charge in [0.05, 0.1) is 5.71 Å². The molecule has 0 fully saturated rings. The topological polar surface area (TPSA) is 190 Å². The summed E-state index contributed by atoms with van der Waals surface area (Å²) in [5.74, 6) is -0.773. The van der Waals surface area contributed by atoms with Gasteiger partial charge in [0.1, 0.15) is 27.3 Å². The van der Waals surface area contributed by atoms with Crippen molar-refractivity contribution in [2.75, 3.05) is 10.6 Å². The van der Waals surface area contributed by atoms with Crippen LogP contribution in [0.25, 0.3) is 0 Å². The monoisotopic (exact) mass is 654 g/mol. The van der Waals surface area contributed by atoms with Crippen LogP contribution in [-0.2, 0) is 27.1 Å². The maximum absolute atomic E-state index is 12.8. The summed E-state index contributed by atoms with van der Waals surface area (Å²) in [6.07, 6.45) is 0.310. The average molecular weight is 655 g/mol. The van der Waals surface area contributed by atoms with Crippen molar-refractivity contribution in [1.82, 2.24) is 25.7 Å². The highest BCUT2D eigenvalue weighted by atomic mass is 32.1. The van der Waals surface area contributed by atoms with Gasteiger partial charge in [-0.3, -0.25) is 10.1 Å². The van der Waals surface area contributed by atoms with Crippen LogP contribution in [0, 0.1) is 11.8 Å². The summed E-state index contributed by atoms with van der Waals surface area (Å²) in [7, 11) is 0. The number of unbranched alkanes of at least 4 members (excludes halogenated alkanes) is 1. The van der Waals surface area contributed by atoms with Crippen molar-refractivity contribution in [1.29, 1.82) is 0 Å². The van der Waals surface area contributed by atoms with Gasteiger partial charge in [0, 0.05) is 12.8 Å². The van der Waals surface area contributed by atoms with Crippen LogP contribution >= 0.6 is 22.7 Å². The van der Waals surface area contributed by atoms with Gasteiger partial charge in [-0.05, 0) is 66.2 Å². The average Bonchev–Trinajstić information content (AvgIpc) is 3.50. The van der Waals surface area contributed by atoms with Crippen molar-refractivity contribution >= 4 is 56.7 Å². The second-order valence-corrected chi connectivity index (χ2v) is 14.9. The summed E-state index contributed by atoms with van der Waals surface area (Å²) in [5.41, 5.74) is -1.13. The molecular formula is C28H46N8O6S2. The van der Waals surface area contributed by atoms with E-state index >= 15 is 0 Å². The molecule has 0 saturated heterocycles. The zero-order chi connectivity index (χ0) is 33.2. The summed E-state index contributed by atoms with van der Waals surface area (Å²) >= 11 is 2.59. The Hall–Kier alpha value is -3.24. The van der Waals surface area contributed by atoms with E-state index in [1.54, 1.807) is 41.5 Å². The number of hydrogen-bond donors (Lipinski definition) is 4. The van der Waals surface area contributed by atoms with E-state index in [-0.39, 0.29) is 17.5 Å². The molecule has 2 heterocycles. The lowest BCUT2D eigenvalue weighted by molar-refractivity contribution is -0.119. The first kappa shape index (κ1) is 36.9. The Kier molecular flexibility index (Phi) is 13.6. The van der Waals surface area contributed by atoms with Crippen LogP contribution in [0.2, 0.25) is 0 Å². The maximum Gasteiger partial charge on any atom is 0.434 e. The number of aliphatic imine (C=N–C) groups is 1. The highest BCUT2D eigenvalue weighted by Gasteiger charge is 2.28. The van der Waals surface area contributed by atoms with Crippen LogP contribution in [0.4, 0.5) is 19.9 Å². The minimum Gasteiger partial charge on any atom is -0.444 e. The van der Waals surface area contributed by atoms with Gasteiger partial charge in [-0.25, -0.2) is 9.59 Å². The van der Waals surface area contributed by atoms with Gasteiger partial charge in [0.2, 0.25) is 16.2 Å². The number of aryl methyl sites for hydroxylation is 2. The molecule has 0 bridgehead atoms. The number of carbonyl (C=O) groups excluding carboxylic acids is 3. The summed E-state index contributed by atoms with van der Waals surface area (Å²) < 4.78 is 10.5. The second-order valence-electron chi connectivity index (χ2n) is 12.8. The quantitative estimate of drug-likeness (QED) is 0.126. The van der Waals surface area contributed by atoms with Crippen LogP contribution in [0.1, 0.15) is 92.1 Å². The van der Waals surface area contributed by atoms with Crippen LogP contribution < -0.4 is 16.0 Å². The summed E-state index contributed by atoms with van der Waals surface area (Å²) in [5, 5.41) is 37.7. The molecule has 0 aliphatic carbocycles. The van der Waals surface area contributed by atoms with Crippen molar-refractivity contribution < 1.29 is 29.0 Å². The number of aliphatic hydroxyl groups excluding tert-OH is 1. The van der Waals surface area contributed by atoms with E-state index in [1.165, 1.54) is 22.7 Å². The SMILES string of the molecule is CC(C)/C(=N\C(=O)OC(C)(C)C)C(O)Nc1nnc(CCCCc2nnc(NC(=O)[C@@H](NC(=O)OC(C)(C)C)C(C)C)s2)s1. The third kappa shape index (κ3) is 13.6. The number of amides is 3. The van der Waals surface area contributed by atoms with Gasteiger partial charge < -0.3 is 25.2 Å². The number of alkyl carbamates (subject to hydrolysis) is 1. The summed E-state index contributed by atoms with van der Waals surface area (Å²) in [6, 6.07) is -0.793. The largest absolute Gasteiger partial charge is 0.444 e. The Labute approximate surface area is 266 Å². The Morgan fingerprint density at radius 3 is 1.86 bits per heavy atom. The molecule has 2 rings (SSSR count). The lowest BCUT2D eigenvalue weighted by Crippen LogP contribution is -2.48. The lowest BCUT2D eigenvalue weighted by atomic mass is 10.0. The minimum atomic E-state index is -1.22. The van der Waals surface area contributed by atoms with Gasteiger partial charge in [-0.2, -0.15) is 4.99 Å². The standard InChI is InChI=1S/C28H46N8O6S2/c1-15(2)19(29-25(39)41-27(5,6)7)21(37)31-23-35-33-17(43-23)13-11-12-14-18-34-36-24(44-18)32-22(38)20(16(3)4)30-26(40)42-28(8,9)10/h15-16,19,22,38H,11-14H2,1-10H3,(H,29,39)(H,32,36)(H,31,35,37)/b30-20+/t19-,22?/m0/s1. The van der Waals surface area contributed by atoms with Crippen LogP contribution in [0.5, 0.6) is 0 Å². The number of nitrogens with zero attached hydrogens (tertiary/aromatic N) is 5. The van der Waals surface area contributed by atoms with E-state index in [9.17, 15) is 19.5 Å². The van der Waals surface area contributed by atoms with Gasteiger partial charge in [-0.1, -0.05) is 50.4 Å². The first-order valence-electron chi connectivity index (χ1n) is 14.5. The number of ether oxygens (including phenoxy) is 2. The van der Waals surface area contributed by atoms with Crippen molar-refractivity contribution in [3.63, 3.8) is 0 Å². The zero-order valence-corrected chi connectivity index (χ0v) is 28.8. The molecule has 246 valence electrons. The van der Waals surface area contributed by atoms with Gasteiger partial charge in [0.15, 0.2) is 6.23 Å². The van der Waals surface area contributed by atoms with E-state index < -0.39 is 41.6 Å². The van der Waals surface area contributed by atoms with Crippen molar-refractivity contribution in [3.05, 3.63) is 10.0 Å². The van der Waals surface area contributed by atoms with Crippen LogP contribution in [0.3, 0.4) is 0 Å². The fourth-order valence-corrected chi connectivity index (χ4v) is 5.20. The van der Waals surface area contributed by atoms with Gasteiger partial charge in [0.25, 0.3) is 0 Å². The lowest BCUT2D eigenvalue weighted by Gasteiger charge is -2.24. The number of aromatic nitrogens is 4. The Bertz CT molecular complexity index is 1280. The fraction of sp³-hybridized carbons (Fsp3) is 0.714. The zero-order valence-electron chi connectivity index (χ0n) is 27.2. The van der Waals surface area contributed by atoms with Crippen molar-refractivity contribution in [2.45, 2.75) is 118 Å². The maximum atomic E-state index is 12.8. The Balaban J connectivity index is 1.84. The normalized spacial score (nSPS) is 13.9. The molecule has 0 aromatic carbocycles. The molecule has 2 atom stereocenters. The number of anilines is 2. The number of rotatable bonds is 13. The van der Waals surface area contributed by atoms with Crippen LogP contribution in [-0.4, -0.2) is 72.8 Å². The molecule has 16 heteroatoms. The second kappa shape index (κ2) is 16.2. The fourth-order valence-electron chi connectivity index (χ4n) is 3.61. The smallest absolute Gasteiger partial charge is 0.434 e. The summed E-state index contributed by atoms with van der Waals surface area (Å²) in [6.45, 7) is 17.8. The van der Waals surface area contributed by atoms with E-state index in [0.717, 1.165) is 22.9 Å². The first-order chi connectivity index (χ1) is 20.3. The number of hydrogen-bond acceptors (Lipinski definition) is 13. The predicted octanol–water partition coefficient (Wildman–Crippen LogP) is 5.21. The van der Waals surface area contributed by atoms with Gasteiger partial charge in [-0.15, -0.1) is 20.4 Å². The Morgan fingerprint density at radius 2 is 1.36 bits per heavy atom. The van der Waals surface area contributed by atoms with E-state index in [0.29, 0.717) is 23.1 Å². The van der Waals surface area contributed by atoms with E-state index in [4.69, 9.17) is 9.47 Å². The van der Waals surface area contributed by atoms with E-state index in [1.807, 2.05) is 27.7 Å². The molecule has 1 unspecified atom stereocenters. The Morgan fingerprint density at radius 1 is 0.841 bits per heavy atom. The molecule has 0 aliphatic heterocycles. The molecule has 44 heavy (non-hydrogen) atoms. The van der Waals surface area contributed by atoms with Crippen molar-refractivity contribution in [2.24, 2.45) is 16.8 Å². The molecular weight excluding hydrogens is 608 g/mol. The number of nitrogens with one attached hydrogen (secondary N) is 3. The molecule has 0 saturated carbocycles. The molecule has 4 N–H and O–H groups in total. The van der Waals surface area contributed by atoms with Crippen LogP contribution in [0.15, 0.2) is 4.99 Å². The summed E-state index contributed by atoms with van der Waals surface area (Å²) in [4.78, 5) is 41.1. The minimum absolute atomic E-state index is 0.170. The molecule has 0 spiro atoms. The first-order valence-corrected chi connectivity index (χ1v) is 16.2. The van der Waals surface area contributed by atoms with E-state index in [2.05, 4.69) is 41.3 Å². The third-order valence-corrected chi connectivity index (χ3v) is 7.37. The predicted molar refractivity (Wildman–Crippen MR) is 171 cm³/mol. The van der Waals surface area contributed by atoms with Gasteiger partial charge >= 0.3 is 12.2 Å². The molecule has 0 radical (unpaired) electrons. The molecule has 2 aromatic heterocycles. The third-order valence-electron chi connectivity index (χ3n) is 5.56. The molecule has 14 nitrogen and oxygen atoms in total. The molecule has 3 amide bonds. The molecule has 2 aromatic rings. The van der Waals surface area contributed by atoms with Crippen molar-refractivity contribution in [3.8, 4) is 0 Å². The number of aliphatic hydroxyl groups is 1.